The van der Waals surface area contributed by atoms with Gasteiger partial charge < -0.3 is 47.7 Å². The van der Waals surface area contributed by atoms with Crippen LogP contribution in [-0.4, -0.2) is 73.4 Å². The first-order valence-corrected chi connectivity index (χ1v) is 16.4. The van der Waals surface area contributed by atoms with Gasteiger partial charge in [-0.3, -0.25) is 4.79 Å². The predicted molar refractivity (Wildman–Crippen MR) is 150 cm³/mol. The van der Waals surface area contributed by atoms with Gasteiger partial charge in [0.05, 0.1) is 46.3 Å². The summed E-state index contributed by atoms with van der Waals surface area (Å²) in [4.78, 5) is 12.2. The number of rotatable bonds is 3. The molecule has 6 fully saturated rings. The van der Waals surface area contributed by atoms with Crippen LogP contribution in [0.4, 0.5) is 0 Å². The van der Waals surface area contributed by atoms with E-state index in [0.29, 0.717) is 16.9 Å². The van der Waals surface area contributed by atoms with Gasteiger partial charge in [0.2, 0.25) is 0 Å². The van der Waals surface area contributed by atoms with E-state index in [1.165, 1.54) is 114 Å². The highest BCUT2D eigenvalue weighted by molar-refractivity contribution is 5.66. The number of esters is 1. The summed E-state index contributed by atoms with van der Waals surface area (Å²) < 4.78 is 8.70. The minimum atomic E-state index is -0.0596. The van der Waals surface area contributed by atoms with Gasteiger partial charge in [0.1, 0.15) is 6.04 Å². The Balaban J connectivity index is 0.00000176. The van der Waals surface area contributed by atoms with Crippen molar-refractivity contribution < 1.29 is 52.5 Å². The number of carbonyl (C=O) groups excluding carboxylic acids is 1. The molecular weight excluding hydrogens is 616 g/mol. The van der Waals surface area contributed by atoms with Crippen molar-refractivity contribution >= 4 is 5.97 Å². The van der Waals surface area contributed by atoms with Crippen LogP contribution in [0.5, 0.6) is 0 Å². The van der Waals surface area contributed by atoms with E-state index in [1.54, 1.807) is 6.92 Å². The van der Waals surface area contributed by atoms with E-state index in [1.807, 2.05) is 0 Å². The minimum absolute atomic E-state index is 0. The van der Waals surface area contributed by atoms with Gasteiger partial charge in [-0.15, -0.1) is 0 Å². The van der Waals surface area contributed by atoms with Crippen molar-refractivity contribution in [2.45, 2.75) is 129 Å². The van der Waals surface area contributed by atoms with Crippen LogP contribution in [0.25, 0.3) is 0 Å². The Hall–Kier alpha value is 0.350. The standard InChI is InChI=1S/C33H58N2O2.2BrH/c1-24(36)37-31-20-25-12-13-27-28(33(25,3)23-30(31)35(5)18-10-7-11-19-35)14-15-32(2)22-26(21-29(27)32)34(4)16-8-6-9-17-34;;/h25-31H,6-23H2,1-5H3;2*1H/q+2;;/p-2/t25-,26?,27?,28?,29?,30?,31-,32+,33-;;/m0../s1. The second-order valence-electron chi connectivity index (χ2n) is 16.1. The first kappa shape index (κ1) is 32.3. The summed E-state index contributed by atoms with van der Waals surface area (Å²) in [5.74, 6) is 3.43. The van der Waals surface area contributed by atoms with Crippen molar-refractivity contribution in [1.29, 1.82) is 0 Å². The summed E-state index contributed by atoms with van der Waals surface area (Å²) in [6.07, 6.45) is 19.7. The zero-order chi connectivity index (χ0) is 26.1. The molecule has 0 amide bonds. The van der Waals surface area contributed by atoms with E-state index in [4.69, 9.17) is 4.74 Å². The molecule has 6 aliphatic rings. The van der Waals surface area contributed by atoms with Crippen LogP contribution in [0.3, 0.4) is 0 Å². The lowest BCUT2D eigenvalue weighted by molar-refractivity contribution is -0.943. The van der Waals surface area contributed by atoms with Crippen molar-refractivity contribution in [1.82, 2.24) is 0 Å². The Morgan fingerprint density at radius 3 is 2.00 bits per heavy atom. The number of hydrogen-bond donors (Lipinski definition) is 0. The third-order valence-electron chi connectivity index (χ3n) is 14.1. The largest absolute Gasteiger partial charge is 1.00 e. The Morgan fingerprint density at radius 1 is 0.769 bits per heavy atom. The number of likely N-dealkylation sites (tertiary alicyclic amines) is 2. The summed E-state index contributed by atoms with van der Waals surface area (Å²) in [5, 5.41) is 0. The highest BCUT2D eigenvalue weighted by Crippen LogP contribution is 2.67. The Bertz CT molecular complexity index is 872. The van der Waals surface area contributed by atoms with E-state index < -0.39 is 0 Å². The number of carbonyl (C=O) groups is 1. The minimum Gasteiger partial charge on any atom is -1.00 e. The van der Waals surface area contributed by atoms with Gasteiger partial charge in [-0.25, -0.2) is 0 Å². The van der Waals surface area contributed by atoms with Crippen molar-refractivity contribution in [3.8, 4) is 0 Å². The fraction of sp³-hybridized carbons (Fsp3) is 0.970. The summed E-state index contributed by atoms with van der Waals surface area (Å²) in [6.45, 7) is 12.5. The first-order valence-electron chi connectivity index (χ1n) is 16.4. The summed E-state index contributed by atoms with van der Waals surface area (Å²) in [5.41, 5.74) is 0.999. The topological polar surface area (TPSA) is 26.3 Å². The van der Waals surface area contributed by atoms with Gasteiger partial charge in [0, 0.05) is 26.2 Å². The van der Waals surface area contributed by atoms with E-state index in [2.05, 4.69) is 27.9 Å². The second-order valence-corrected chi connectivity index (χ2v) is 16.1. The molecule has 4 aliphatic carbocycles. The maximum Gasteiger partial charge on any atom is 0.303 e. The zero-order valence-corrected chi connectivity index (χ0v) is 28.9. The fourth-order valence-corrected chi connectivity index (χ4v) is 11.9. The summed E-state index contributed by atoms with van der Waals surface area (Å²) in [7, 11) is 5.12. The van der Waals surface area contributed by atoms with Gasteiger partial charge in [0.25, 0.3) is 0 Å². The van der Waals surface area contributed by atoms with Gasteiger partial charge in [0.15, 0.2) is 6.10 Å². The Labute approximate surface area is 261 Å². The van der Waals surface area contributed by atoms with E-state index in [0.717, 1.165) is 40.6 Å². The molecule has 4 saturated carbocycles. The van der Waals surface area contributed by atoms with Gasteiger partial charge >= 0.3 is 5.97 Å². The number of quaternary nitrogens is 2. The number of ether oxygens (including phenoxy) is 1. The van der Waals surface area contributed by atoms with E-state index in [9.17, 15) is 4.79 Å². The molecule has 0 bridgehead atoms. The molecule has 4 nitrogen and oxygen atoms in total. The Kier molecular flexibility index (Phi) is 9.76. The van der Waals surface area contributed by atoms with Gasteiger partial charge in [-0.2, -0.15) is 0 Å². The molecular formula is C33H58Br2N2O2. The number of piperidine rings is 2. The number of hydrogen-bond acceptors (Lipinski definition) is 2. The van der Waals surface area contributed by atoms with Crippen molar-refractivity contribution in [3.05, 3.63) is 0 Å². The highest BCUT2D eigenvalue weighted by atomic mass is 79.9. The molecule has 226 valence electrons. The summed E-state index contributed by atoms with van der Waals surface area (Å²) >= 11 is 0. The molecule has 0 aromatic heterocycles. The van der Waals surface area contributed by atoms with E-state index >= 15 is 0 Å². The van der Waals surface area contributed by atoms with Crippen molar-refractivity contribution in [2.75, 3.05) is 40.3 Å². The summed E-state index contributed by atoms with van der Waals surface area (Å²) in [6, 6.07) is 1.40. The van der Waals surface area contributed by atoms with Crippen LogP contribution in [0.15, 0.2) is 0 Å². The van der Waals surface area contributed by atoms with Crippen molar-refractivity contribution in [3.63, 3.8) is 0 Å². The molecule has 2 aliphatic heterocycles. The number of fused-ring (bicyclic) bond motifs is 5. The van der Waals surface area contributed by atoms with Gasteiger partial charge in [-0.1, -0.05) is 13.8 Å². The first-order chi connectivity index (χ1) is 17.6. The zero-order valence-electron chi connectivity index (χ0n) is 25.7. The van der Waals surface area contributed by atoms with Crippen LogP contribution in [-0.2, 0) is 9.53 Å². The number of halogens is 2. The number of likely N-dealkylation sites (N-methyl/N-ethyl adjacent to an activating group) is 1. The van der Waals surface area contributed by atoms with E-state index in [-0.39, 0.29) is 46.0 Å². The highest BCUT2D eigenvalue weighted by Gasteiger charge is 2.64. The molecule has 39 heavy (non-hydrogen) atoms. The molecule has 2 heterocycles. The maximum atomic E-state index is 12.2. The normalized spacial score (nSPS) is 46.3. The molecule has 0 spiro atoms. The lowest BCUT2D eigenvalue weighted by atomic mass is 9.44. The van der Waals surface area contributed by atoms with Gasteiger partial charge in [-0.05, 0) is 105 Å². The van der Waals surface area contributed by atoms with Crippen LogP contribution in [0.2, 0.25) is 0 Å². The molecule has 5 unspecified atom stereocenters. The molecule has 0 aromatic carbocycles. The van der Waals surface area contributed by atoms with Crippen LogP contribution < -0.4 is 34.0 Å². The monoisotopic (exact) mass is 672 g/mol. The number of nitrogens with zero attached hydrogens (tertiary/aromatic N) is 2. The molecule has 6 heteroatoms. The molecule has 0 radical (unpaired) electrons. The molecule has 6 rings (SSSR count). The second kappa shape index (κ2) is 11.8. The SMILES string of the molecule is CC(=O)O[C@H]1C[C@@H]2CCC3C4CC([N+]5(C)CCCCC5)C[C@@]4(C)CCC3[C@@]2(C)CC1[N+]1(C)CCCCC1.[Br-].[Br-]. The smallest absolute Gasteiger partial charge is 0.303 e. The lowest BCUT2D eigenvalue weighted by Crippen LogP contribution is -3.00. The molecule has 0 aromatic rings. The average Bonchev–Trinajstić information content (AvgIpc) is 3.23. The quantitative estimate of drug-likeness (QED) is 0.324. The Morgan fingerprint density at radius 2 is 1.38 bits per heavy atom. The van der Waals surface area contributed by atoms with Crippen LogP contribution >= 0.6 is 0 Å². The molecule has 2 saturated heterocycles. The lowest BCUT2D eigenvalue weighted by Gasteiger charge is -2.63. The maximum absolute atomic E-state index is 12.2. The third kappa shape index (κ3) is 5.57. The van der Waals surface area contributed by atoms with Crippen LogP contribution in [0, 0.1) is 34.5 Å². The third-order valence-corrected chi connectivity index (χ3v) is 14.1. The fourth-order valence-electron chi connectivity index (χ4n) is 11.9. The van der Waals surface area contributed by atoms with Crippen molar-refractivity contribution in [2.24, 2.45) is 34.5 Å². The molecule has 9 atom stereocenters. The molecule has 0 N–H and O–H groups in total. The average molecular weight is 675 g/mol. The van der Waals surface area contributed by atoms with Crippen LogP contribution in [0.1, 0.15) is 111 Å². The predicted octanol–water partition coefficient (Wildman–Crippen LogP) is 0.577.